The number of hydrogen-bond donors (Lipinski definition) is 1. The number of allylic oxidation sites excluding steroid dienone is 1. The average molecular weight is 481 g/mol. The normalized spacial score (nSPS) is 33.6. The standard InChI is InChI=1S/C27H32N2O6/c30-16-9-15-29-23-25(32)28(18-19-10-4-3-5-11-19)14-8-13-27(23)22(24(29)31)21-20(35-27)12-6-1-2-7-17-34-26(21)33/h3-6,8,10-13,20-23,30H,1-2,7,9,14-18H2/b12-6-/t20-,21+,22-,23?,27-/m0/s1. The molecule has 1 N–H and O–H groups in total. The number of carbonyl (C=O) groups excluding carboxylic acids is 3. The van der Waals surface area contributed by atoms with Gasteiger partial charge in [-0.1, -0.05) is 54.6 Å². The predicted octanol–water partition coefficient (Wildman–Crippen LogP) is 1.83. The van der Waals surface area contributed by atoms with E-state index >= 15 is 0 Å². The van der Waals surface area contributed by atoms with Crippen LogP contribution < -0.4 is 0 Å². The highest BCUT2D eigenvalue weighted by Gasteiger charge is 2.71. The number of hydrogen-bond acceptors (Lipinski definition) is 6. The Labute approximate surface area is 205 Å². The van der Waals surface area contributed by atoms with Crippen LogP contribution in [-0.4, -0.2) is 76.7 Å². The molecule has 4 aliphatic rings. The van der Waals surface area contributed by atoms with Crippen LogP contribution in [0.2, 0.25) is 0 Å². The van der Waals surface area contributed by atoms with E-state index in [0.29, 0.717) is 26.1 Å². The molecule has 4 aliphatic heterocycles. The van der Waals surface area contributed by atoms with Gasteiger partial charge in [-0.2, -0.15) is 0 Å². The third-order valence-electron chi connectivity index (χ3n) is 7.46. The summed E-state index contributed by atoms with van der Waals surface area (Å²) in [5, 5.41) is 9.47. The first-order valence-corrected chi connectivity index (χ1v) is 12.5. The molecule has 8 nitrogen and oxygen atoms in total. The van der Waals surface area contributed by atoms with E-state index in [-0.39, 0.29) is 25.0 Å². The fourth-order valence-electron chi connectivity index (χ4n) is 5.89. The summed E-state index contributed by atoms with van der Waals surface area (Å²) >= 11 is 0. The molecule has 1 aromatic carbocycles. The lowest BCUT2D eigenvalue weighted by Gasteiger charge is -2.35. The van der Waals surface area contributed by atoms with E-state index < -0.39 is 35.6 Å². The molecule has 186 valence electrons. The van der Waals surface area contributed by atoms with Crippen molar-refractivity contribution >= 4 is 17.8 Å². The van der Waals surface area contributed by atoms with Crippen LogP contribution in [0.15, 0.2) is 54.6 Å². The Kier molecular flexibility index (Phi) is 6.75. The van der Waals surface area contributed by atoms with Crippen molar-refractivity contribution < 1.29 is 29.0 Å². The van der Waals surface area contributed by atoms with Gasteiger partial charge < -0.3 is 24.4 Å². The monoisotopic (exact) mass is 480 g/mol. The number of fused-ring (bicyclic) bond motifs is 2. The molecule has 0 aromatic heterocycles. The zero-order chi connectivity index (χ0) is 24.4. The molecule has 1 aromatic rings. The molecular weight excluding hydrogens is 448 g/mol. The summed E-state index contributed by atoms with van der Waals surface area (Å²) < 4.78 is 12.1. The summed E-state index contributed by atoms with van der Waals surface area (Å²) in [6.45, 7) is 1.19. The zero-order valence-corrected chi connectivity index (χ0v) is 19.8. The zero-order valence-electron chi connectivity index (χ0n) is 19.8. The van der Waals surface area contributed by atoms with E-state index in [9.17, 15) is 19.5 Å². The summed E-state index contributed by atoms with van der Waals surface area (Å²) in [7, 11) is 0. The molecule has 0 radical (unpaired) electrons. The van der Waals surface area contributed by atoms with Gasteiger partial charge in [-0.3, -0.25) is 14.4 Å². The number of cyclic esters (lactones) is 1. The van der Waals surface area contributed by atoms with Crippen LogP contribution in [0.4, 0.5) is 0 Å². The van der Waals surface area contributed by atoms with Crippen LogP contribution in [-0.2, 0) is 30.4 Å². The maximum absolute atomic E-state index is 14.0. The van der Waals surface area contributed by atoms with Gasteiger partial charge >= 0.3 is 5.97 Å². The predicted molar refractivity (Wildman–Crippen MR) is 127 cm³/mol. The van der Waals surface area contributed by atoms with E-state index in [1.54, 1.807) is 4.90 Å². The topological polar surface area (TPSA) is 96.4 Å². The smallest absolute Gasteiger partial charge is 0.312 e. The van der Waals surface area contributed by atoms with E-state index in [2.05, 4.69) is 0 Å². The van der Waals surface area contributed by atoms with Gasteiger partial charge in [0.15, 0.2) is 0 Å². The van der Waals surface area contributed by atoms with Crippen molar-refractivity contribution in [2.24, 2.45) is 11.8 Å². The third-order valence-corrected chi connectivity index (χ3v) is 7.46. The fraction of sp³-hybridized carbons (Fsp3) is 0.519. The Balaban J connectivity index is 1.54. The van der Waals surface area contributed by atoms with Crippen molar-refractivity contribution in [2.45, 2.75) is 50.0 Å². The first-order valence-electron chi connectivity index (χ1n) is 12.5. The summed E-state index contributed by atoms with van der Waals surface area (Å²) in [5.41, 5.74) is -0.275. The van der Waals surface area contributed by atoms with Gasteiger partial charge in [0.25, 0.3) is 0 Å². The maximum Gasteiger partial charge on any atom is 0.312 e. The minimum atomic E-state index is -1.26. The molecule has 0 saturated carbocycles. The molecule has 2 fully saturated rings. The highest BCUT2D eigenvalue weighted by atomic mass is 16.6. The minimum Gasteiger partial charge on any atom is -0.465 e. The first-order chi connectivity index (χ1) is 17.1. The van der Waals surface area contributed by atoms with Crippen molar-refractivity contribution in [3.8, 4) is 0 Å². The number of rotatable bonds is 5. The van der Waals surface area contributed by atoms with Gasteiger partial charge in [0.1, 0.15) is 17.6 Å². The third kappa shape index (κ3) is 4.19. The summed E-state index contributed by atoms with van der Waals surface area (Å²) in [4.78, 5) is 44.3. The second-order valence-corrected chi connectivity index (χ2v) is 9.65. The van der Waals surface area contributed by atoms with Crippen LogP contribution >= 0.6 is 0 Å². The molecule has 35 heavy (non-hydrogen) atoms. The lowest BCUT2D eigenvalue weighted by molar-refractivity contribution is -0.155. The number of likely N-dealkylation sites (tertiary alicyclic amines) is 1. The Morgan fingerprint density at radius 2 is 1.89 bits per heavy atom. The molecule has 1 unspecified atom stereocenters. The molecule has 5 rings (SSSR count). The van der Waals surface area contributed by atoms with E-state index in [0.717, 1.165) is 24.8 Å². The molecule has 5 atom stereocenters. The van der Waals surface area contributed by atoms with E-state index in [4.69, 9.17) is 9.47 Å². The van der Waals surface area contributed by atoms with E-state index in [1.807, 2.05) is 54.6 Å². The number of benzene rings is 1. The van der Waals surface area contributed by atoms with Crippen molar-refractivity contribution in [3.63, 3.8) is 0 Å². The van der Waals surface area contributed by atoms with Gasteiger partial charge in [-0.15, -0.1) is 0 Å². The molecule has 2 amide bonds. The summed E-state index contributed by atoms with van der Waals surface area (Å²) in [6, 6.07) is 8.80. The second kappa shape index (κ2) is 9.95. The van der Waals surface area contributed by atoms with Gasteiger partial charge in [-0.05, 0) is 31.2 Å². The van der Waals surface area contributed by atoms with Crippen molar-refractivity contribution in [2.75, 3.05) is 26.3 Å². The lowest BCUT2D eigenvalue weighted by Crippen LogP contribution is -2.55. The molecular formula is C27H32N2O6. The fourth-order valence-corrected chi connectivity index (χ4v) is 5.89. The molecule has 4 heterocycles. The number of aliphatic hydroxyl groups excluding tert-OH is 1. The van der Waals surface area contributed by atoms with Gasteiger partial charge in [-0.25, -0.2) is 0 Å². The Morgan fingerprint density at radius 3 is 2.69 bits per heavy atom. The number of aliphatic hydroxyl groups is 1. The highest BCUT2D eigenvalue weighted by molar-refractivity contribution is 5.99. The van der Waals surface area contributed by atoms with Crippen LogP contribution in [0, 0.1) is 11.8 Å². The Hall–Kier alpha value is -2.97. The highest BCUT2D eigenvalue weighted by Crippen LogP contribution is 2.53. The lowest BCUT2D eigenvalue weighted by atomic mass is 9.78. The molecule has 2 saturated heterocycles. The molecule has 0 aliphatic carbocycles. The molecule has 0 bridgehead atoms. The number of esters is 1. The summed E-state index contributed by atoms with van der Waals surface area (Å²) in [5.74, 6) is -2.64. The van der Waals surface area contributed by atoms with Gasteiger partial charge in [0.05, 0.1) is 18.6 Å². The van der Waals surface area contributed by atoms with Crippen LogP contribution in [0.3, 0.4) is 0 Å². The Morgan fingerprint density at radius 1 is 1.06 bits per heavy atom. The van der Waals surface area contributed by atoms with Crippen molar-refractivity contribution in [1.29, 1.82) is 0 Å². The minimum absolute atomic E-state index is 0.108. The Bertz CT molecular complexity index is 1020. The summed E-state index contributed by atoms with van der Waals surface area (Å²) in [6.07, 6.45) is 9.75. The van der Waals surface area contributed by atoms with Gasteiger partial charge in [0, 0.05) is 26.2 Å². The van der Waals surface area contributed by atoms with Gasteiger partial charge in [0.2, 0.25) is 11.8 Å². The van der Waals surface area contributed by atoms with Crippen LogP contribution in [0.1, 0.15) is 31.2 Å². The number of carbonyl (C=O) groups is 3. The molecule has 1 spiro atoms. The first kappa shape index (κ1) is 23.8. The van der Waals surface area contributed by atoms with Crippen molar-refractivity contribution in [1.82, 2.24) is 9.80 Å². The average Bonchev–Trinajstić information content (AvgIpc) is 3.25. The van der Waals surface area contributed by atoms with Crippen molar-refractivity contribution in [3.05, 3.63) is 60.2 Å². The molecule has 8 heteroatoms. The SMILES string of the molecule is O=C1OCCCC/C=C\[C@@H]2O[C@]34C=CCN(Cc5ccccc5)C(=O)C3N(CCCO)C(=O)[C@@H]4[C@H]12. The largest absolute Gasteiger partial charge is 0.465 e. The number of ether oxygens (including phenoxy) is 2. The second-order valence-electron chi connectivity index (χ2n) is 9.65. The number of amides is 2. The van der Waals surface area contributed by atoms with Crippen LogP contribution in [0.25, 0.3) is 0 Å². The quantitative estimate of drug-likeness (QED) is 0.510. The maximum atomic E-state index is 14.0. The van der Waals surface area contributed by atoms with E-state index in [1.165, 1.54) is 4.90 Å². The number of nitrogens with zero attached hydrogens (tertiary/aromatic N) is 2. The van der Waals surface area contributed by atoms with Crippen LogP contribution in [0.5, 0.6) is 0 Å².